The molecule has 2 heterocycles. The van der Waals surface area contributed by atoms with Crippen LogP contribution in [0.3, 0.4) is 0 Å². The summed E-state index contributed by atoms with van der Waals surface area (Å²) in [4.78, 5) is 11.8. The molecule has 3 aromatic rings. The van der Waals surface area contributed by atoms with E-state index in [0.29, 0.717) is 11.4 Å². The Hall–Kier alpha value is -2.81. The average molecular weight is 392 g/mol. The number of nitrogens with zero attached hydrogens (tertiary/aromatic N) is 3. The SMILES string of the molecule is CS(=O)Cc1cccc(Nc2cc(C(F)(F)F)nc(-c3ccccn3)n2)c1. The number of halogens is 3. The highest BCUT2D eigenvalue weighted by Gasteiger charge is 2.34. The molecule has 0 radical (unpaired) electrons. The summed E-state index contributed by atoms with van der Waals surface area (Å²) in [6.07, 6.45) is -1.58. The van der Waals surface area contributed by atoms with Crippen LogP contribution in [0.25, 0.3) is 11.5 Å². The van der Waals surface area contributed by atoms with Gasteiger partial charge in [-0.15, -0.1) is 0 Å². The minimum atomic E-state index is -4.62. The first-order valence-electron chi connectivity index (χ1n) is 7.85. The second-order valence-corrected chi connectivity index (χ2v) is 7.15. The van der Waals surface area contributed by atoms with Crippen LogP contribution >= 0.6 is 0 Å². The largest absolute Gasteiger partial charge is 0.433 e. The number of hydrogen-bond donors (Lipinski definition) is 1. The molecule has 0 spiro atoms. The molecule has 9 heteroatoms. The lowest BCUT2D eigenvalue weighted by Crippen LogP contribution is -2.11. The maximum Gasteiger partial charge on any atom is 0.433 e. The Kier molecular flexibility index (Phi) is 5.50. The smallest absolute Gasteiger partial charge is 0.340 e. The molecule has 0 bridgehead atoms. The van der Waals surface area contributed by atoms with Crippen LogP contribution in [0.5, 0.6) is 0 Å². The lowest BCUT2D eigenvalue weighted by Gasteiger charge is -2.12. The maximum absolute atomic E-state index is 13.2. The van der Waals surface area contributed by atoms with Gasteiger partial charge in [0.05, 0.1) is 0 Å². The molecule has 27 heavy (non-hydrogen) atoms. The number of hydrogen-bond acceptors (Lipinski definition) is 5. The molecule has 1 atom stereocenters. The van der Waals surface area contributed by atoms with E-state index in [4.69, 9.17) is 0 Å². The minimum Gasteiger partial charge on any atom is -0.340 e. The van der Waals surface area contributed by atoms with E-state index >= 15 is 0 Å². The van der Waals surface area contributed by atoms with Gasteiger partial charge in [0.2, 0.25) is 0 Å². The monoisotopic (exact) mass is 392 g/mol. The molecule has 0 aliphatic carbocycles. The van der Waals surface area contributed by atoms with Gasteiger partial charge in [0.25, 0.3) is 0 Å². The molecule has 0 aliphatic heterocycles. The molecule has 0 fully saturated rings. The molecule has 2 aromatic heterocycles. The fourth-order valence-corrected chi connectivity index (χ4v) is 3.04. The Labute approximate surface area is 156 Å². The van der Waals surface area contributed by atoms with Crippen molar-refractivity contribution in [2.45, 2.75) is 11.9 Å². The maximum atomic E-state index is 13.2. The van der Waals surface area contributed by atoms with Crippen molar-refractivity contribution in [3.63, 3.8) is 0 Å². The summed E-state index contributed by atoms with van der Waals surface area (Å²) in [5, 5.41) is 2.86. The molecule has 0 amide bonds. The summed E-state index contributed by atoms with van der Waals surface area (Å²) in [5.41, 5.74) is 0.515. The summed E-state index contributed by atoms with van der Waals surface area (Å²) in [7, 11) is -1.03. The van der Waals surface area contributed by atoms with Gasteiger partial charge in [0, 0.05) is 40.8 Å². The third-order valence-corrected chi connectivity index (χ3v) is 4.22. The van der Waals surface area contributed by atoms with Crippen LogP contribution in [0.1, 0.15) is 11.3 Å². The van der Waals surface area contributed by atoms with Crippen molar-refractivity contribution in [1.29, 1.82) is 0 Å². The van der Waals surface area contributed by atoms with Crippen molar-refractivity contribution >= 4 is 22.3 Å². The van der Waals surface area contributed by atoms with Crippen molar-refractivity contribution in [2.75, 3.05) is 11.6 Å². The van der Waals surface area contributed by atoms with E-state index in [2.05, 4.69) is 20.3 Å². The first-order chi connectivity index (χ1) is 12.8. The third kappa shape index (κ3) is 5.10. The highest BCUT2D eigenvalue weighted by molar-refractivity contribution is 7.83. The normalized spacial score (nSPS) is 12.6. The van der Waals surface area contributed by atoms with Gasteiger partial charge in [0.1, 0.15) is 11.5 Å². The Balaban J connectivity index is 1.99. The van der Waals surface area contributed by atoms with Crippen LogP contribution in [0, 0.1) is 0 Å². The van der Waals surface area contributed by atoms with Gasteiger partial charge in [0.15, 0.2) is 11.5 Å². The second kappa shape index (κ2) is 7.83. The highest BCUT2D eigenvalue weighted by atomic mass is 32.2. The topological polar surface area (TPSA) is 67.8 Å². The Morgan fingerprint density at radius 1 is 1.07 bits per heavy atom. The molecule has 0 aliphatic rings. The number of alkyl halides is 3. The van der Waals surface area contributed by atoms with Crippen molar-refractivity contribution in [3.05, 3.63) is 66.0 Å². The summed E-state index contributed by atoms with van der Waals surface area (Å²) < 4.78 is 51.1. The Morgan fingerprint density at radius 3 is 2.56 bits per heavy atom. The minimum absolute atomic E-state index is 0.00671. The van der Waals surface area contributed by atoms with Crippen LogP contribution in [-0.4, -0.2) is 25.4 Å². The van der Waals surface area contributed by atoms with Crippen LogP contribution in [0.15, 0.2) is 54.7 Å². The molecule has 0 saturated heterocycles. The number of benzene rings is 1. The van der Waals surface area contributed by atoms with Gasteiger partial charge in [-0.25, -0.2) is 9.97 Å². The van der Waals surface area contributed by atoms with Gasteiger partial charge in [-0.05, 0) is 29.8 Å². The molecule has 1 unspecified atom stereocenters. The zero-order valence-corrected chi connectivity index (χ0v) is 15.0. The third-order valence-electron chi connectivity index (χ3n) is 3.48. The van der Waals surface area contributed by atoms with E-state index in [1.807, 2.05) is 0 Å². The number of anilines is 2. The lowest BCUT2D eigenvalue weighted by atomic mass is 10.2. The summed E-state index contributed by atoms with van der Waals surface area (Å²) in [5.74, 6) is 0.221. The molecule has 0 saturated carbocycles. The standard InChI is InChI=1S/C18H15F3N4OS/c1-27(26)11-12-5-4-6-13(9-12)23-16-10-15(18(19,20)21)24-17(25-16)14-7-2-3-8-22-14/h2-10H,11H2,1H3,(H,23,24,25). The number of rotatable bonds is 5. The van der Waals surface area contributed by atoms with Crippen LogP contribution in [-0.2, 0) is 22.7 Å². The Bertz CT molecular complexity index is 964. The van der Waals surface area contributed by atoms with Gasteiger partial charge >= 0.3 is 6.18 Å². The zero-order chi connectivity index (χ0) is 19.4. The summed E-state index contributed by atoms with van der Waals surface area (Å²) in [6, 6.07) is 12.6. The molecule has 140 valence electrons. The van der Waals surface area contributed by atoms with Gasteiger partial charge in [-0.1, -0.05) is 18.2 Å². The van der Waals surface area contributed by atoms with Crippen LogP contribution in [0.4, 0.5) is 24.7 Å². The lowest BCUT2D eigenvalue weighted by molar-refractivity contribution is -0.141. The van der Waals surface area contributed by atoms with Gasteiger partial charge in [-0.3, -0.25) is 9.19 Å². The van der Waals surface area contributed by atoms with E-state index in [0.717, 1.165) is 11.6 Å². The van der Waals surface area contributed by atoms with Crippen molar-refractivity contribution < 1.29 is 17.4 Å². The predicted molar refractivity (Wildman–Crippen MR) is 97.8 cm³/mol. The van der Waals surface area contributed by atoms with Crippen molar-refractivity contribution in [2.24, 2.45) is 0 Å². The molecular formula is C18H15F3N4OS. The van der Waals surface area contributed by atoms with Crippen LogP contribution < -0.4 is 5.32 Å². The van der Waals surface area contributed by atoms with E-state index in [9.17, 15) is 17.4 Å². The first kappa shape index (κ1) is 19.0. The average Bonchev–Trinajstić information content (AvgIpc) is 2.61. The Morgan fingerprint density at radius 2 is 1.89 bits per heavy atom. The fraction of sp³-hybridized carbons (Fsp3) is 0.167. The summed E-state index contributed by atoms with van der Waals surface area (Å²) >= 11 is 0. The molecule has 5 nitrogen and oxygen atoms in total. The number of nitrogens with one attached hydrogen (secondary N) is 1. The molecule has 1 N–H and O–H groups in total. The molecule has 1 aromatic carbocycles. The van der Waals surface area contributed by atoms with Gasteiger partial charge < -0.3 is 5.32 Å². The summed E-state index contributed by atoms with van der Waals surface area (Å²) in [6.45, 7) is 0. The van der Waals surface area contributed by atoms with E-state index in [1.165, 1.54) is 12.3 Å². The van der Waals surface area contributed by atoms with E-state index in [1.54, 1.807) is 42.7 Å². The first-order valence-corrected chi connectivity index (χ1v) is 9.57. The molecule has 3 rings (SSSR count). The van der Waals surface area contributed by atoms with Crippen LogP contribution in [0.2, 0.25) is 0 Å². The fourth-order valence-electron chi connectivity index (χ4n) is 2.39. The van der Waals surface area contributed by atoms with E-state index in [-0.39, 0.29) is 17.3 Å². The zero-order valence-electron chi connectivity index (χ0n) is 14.2. The van der Waals surface area contributed by atoms with Crippen molar-refractivity contribution in [1.82, 2.24) is 15.0 Å². The number of aromatic nitrogens is 3. The van der Waals surface area contributed by atoms with Crippen molar-refractivity contribution in [3.8, 4) is 11.5 Å². The quantitative estimate of drug-likeness (QED) is 0.706. The number of pyridine rings is 1. The predicted octanol–water partition coefficient (Wildman–Crippen LogP) is 4.18. The molecular weight excluding hydrogens is 377 g/mol. The van der Waals surface area contributed by atoms with E-state index < -0.39 is 22.7 Å². The highest BCUT2D eigenvalue weighted by Crippen LogP contribution is 2.31. The second-order valence-electron chi connectivity index (χ2n) is 5.72. The van der Waals surface area contributed by atoms with Gasteiger partial charge in [-0.2, -0.15) is 13.2 Å².